The second-order valence-electron chi connectivity index (χ2n) is 6.54. The molecule has 6 nitrogen and oxygen atoms in total. The molecule has 23 heavy (non-hydrogen) atoms. The minimum atomic E-state index is -0.491. The lowest BCUT2D eigenvalue weighted by atomic mass is 9.96. The maximum absolute atomic E-state index is 11.7. The van der Waals surface area contributed by atoms with Gasteiger partial charge < -0.3 is 10.6 Å². The van der Waals surface area contributed by atoms with Crippen molar-refractivity contribution in [3.05, 3.63) is 30.1 Å². The molecule has 1 aliphatic carbocycles. The number of piperidine rings is 1. The monoisotopic (exact) mass is 316 g/mol. The number of nitrogens with one attached hydrogen (secondary N) is 2. The summed E-state index contributed by atoms with van der Waals surface area (Å²) in [7, 11) is 0. The highest BCUT2D eigenvalue weighted by atomic mass is 16.2. The summed E-state index contributed by atoms with van der Waals surface area (Å²) in [4.78, 5) is 29.9. The van der Waals surface area contributed by atoms with E-state index in [0.29, 0.717) is 12.5 Å². The molecule has 1 saturated carbocycles. The number of amides is 2. The van der Waals surface area contributed by atoms with Crippen molar-refractivity contribution in [3.8, 4) is 0 Å². The number of likely N-dealkylation sites (tertiary alicyclic amines) is 1. The van der Waals surface area contributed by atoms with Crippen LogP contribution >= 0.6 is 0 Å². The minimum Gasteiger partial charge on any atom is -0.348 e. The number of pyridine rings is 1. The van der Waals surface area contributed by atoms with E-state index in [1.165, 1.54) is 5.56 Å². The van der Waals surface area contributed by atoms with E-state index < -0.39 is 11.8 Å². The number of hydrogen-bond acceptors (Lipinski definition) is 4. The van der Waals surface area contributed by atoms with Crippen LogP contribution in [0.3, 0.4) is 0 Å². The van der Waals surface area contributed by atoms with Crippen molar-refractivity contribution >= 4 is 11.8 Å². The molecule has 0 radical (unpaired) electrons. The zero-order valence-electron chi connectivity index (χ0n) is 13.3. The largest absolute Gasteiger partial charge is 0.348 e. The first-order valence-electron chi connectivity index (χ1n) is 8.40. The summed E-state index contributed by atoms with van der Waals surface area (Å²) in [5.41, 5.74) is 1.23. The molecule has 1 saturated heterocycles. The van der Waals surface area contributed by atoms with E-state index in [1.54, 1.807) is 6.20 Å². The predicted octanol–water partition coefficient (Wildman–Crippen LogP) is 0.688. The van der Waals surface area contributed by atoms with Gasteiger partial charge in [0, 0.05) is 31.5 Å². The summed E-state index contributed by atoms with van der Waals surface area (Å²) in [6.07, 6.45) is 7.78. The first-order valence-corrected chi connectivity index (χ1v) is 8.40. The van der Waals surface area contributed by atoms with Crippen LogP contribution in [-0.4, -0.2) is 47.4 Å². The van der Waals surface area contributed by atoms with Gasteiger partial charge in [-0.3, -0.25) is 19.5 Å². The summed E-state index contributed by atoms with van der Waals surface area (Å²) < 4.78 is 0. The summed E-state index contributed by atoms with van der Waals surface area (Å²) in [6, 6.07) is 4.28. The molecule has 3 rings (SSSR count). The Morgan fingerprint density at radius 1 is 1.17 bits per heavy atom. The fraction of sp³-hybridized carbons (Fsp3) is 0.588. The Morgan fingerprint density at radius 3 is 2.61 bits per heavy atom. The van der Waals surface area contributed by atoms with Crippen molar-refractivity contribution in [1.29, 1.82) is 0 Å². The van der Waals surface area contributed by atoms with Crippen LogP contribution in [-0.2, 0) is 16.1 Å². The van der Waals surface area contributed by atoms with Crippen LogP contribution in [0.2, 0.25) is 0 Å². The molecule has 2 aliphatic rings. The minimum absolute atomic E-state index is 0.226. The van der Waals surface area contributed by atoms with E-state index in [0.717, 1.165) is 45.3 Å². The third-order valence-electron chi connectivity index (χ3n) is 4.51. The normalized spacial score (nSPS) is 19.3. The highest BCUT2D eigenvalue weighted by Crippen LogP contribution is 2.19. The zero-order chi connectivity index (χ0) is 16.1. The van der Waals surface area contributed by atoms with Crippen molar-refractivity contribution in [3.63, 3.8) is 0 Å². The second kappa shape index (κ2) is 7.55. The van der Waals surface area contributed by atoms with Gasteiger partial charge in [0.2, 0.25) is 0 Å². The molecular weight excluding hydrogens is 292 g/mol. The lowest BCUT2D eigenvalue weighted by molar-refractivity contribution is -0.139. The molecule has 2 amide bonds. The Kier molecular flexibility index (Phi) is 5.23. The van der Waals surface area contributed by atoms with Gasteiger partial charge in [-0.25, -0.2) is 0 Å². The van der Waals surface area contributed by atoms with Crippen molar-refractivity contribution in [2.45, 2.75) is 38.3 Å². The molecule has 1 aliphatic heterocycles. The molecule has 0 bridgehead atoms. The van der Waals surface area contributed by atoms with Gasteiger partial charge in [-0.05, 0) is 56.3 Å². The molecule has 1 aromatic heterocycles. The molecule has 2 N–H and O–H groups in total. The van der Waals surface area contributed by atoms with Crippen LogP contribution in [0, 0.1) is 5.92 Å². The zero-order valence-corrected chi connectivity index (χ0v) is 13.3. The van der Waals surface area contributed by atoms with Crippen molar-refractivity contribution in [2.75, 3.05) is 19.6 Å². The quantitative estimate of drug-likeness (QED) is 0.784. The average Bonchev–Trinajstić information content (AvgIpc) is 3.39. The Morgan fingerprint density at radius 2 is 1.96 bits per heavy atom. The summed E-state index contributed by atoms with van der Waals surface area (Å²) >= 11 is 0. The van der Waals surface area contributed by atoms with E-state index in [4.69, 9.17) is 0 Å². The molecule has 124 valence electrons. The van der Waals surface area contributed by atoms with Crippen LogP contribution in [0.4, 0.5) is 0 Å². The number of carbonyl (C=O) groups is 2. The molecule has 6 heteroatoms. The van der Waals surface area contributed by atoms with Crippen molar-refractivity contribution < 1.29 is 9.59 Å². The van der Waals surface area contributed by atoms with Gasteiger partial charge in [-0.15, -0.1) is 0 Å². The number of hydrogen-bond donors (Lipinski definition) is 2. The summed E-state index contributed by atoms with van der Waals surface area (Å²) in [5.74, 6) is -0.519. The van der Waals surface area contributed by atoms with E-state index in [1.807, 2.05) is 12.3 Å². The summed E-state index contributed by atoms with van der Waals surface area (Å²) in [5, 5.41) is 5.48. The van der Waals surface area contributed by atoms with Crippen molar-refractivity contribution in [2.24, 2.45) is 5.92 Å². The second-order valence-corrected chi connectivity index (χ2v) is 6.54. The Balaban J connectivity index is 1.34. The first-order chi connectivity index (χ1) is 11.2. The molecule has 0 spiro atoms. The van der Waals surface area contributed by atoms with Gasteiger partial charge in [0.15, 0.2) is 0 Å². The fourth-order valence-electron chi connectivity index (χ4n) is 2.89. The molecule has 2 fully saturated rings. The number of rotatable bonds is 5. The summed E-state index contributed by atoms with van der Waals surface area (Å²) in [6.45, 7) is 3.56. The average molecular weight is 316 g/mol. The fourth-order valence-corrected chi connectivity index (χ4v) is 2.89. The van der Waals surface area contributed by atoms with Gasteiger partial charge in [0.25, 0.3) is 0 Å². The van der Waals surface area contributed by atoms with E-state index in [-0.39, 0.29) is 6.04 Å². The molecule has 2 heterocycles. The lowest BCUT2D eigenvalue weighted by Gasteiger charge is -2.31. The highest BCUT2D eigenvalue weighted by Gasteiger charge is 2.27. The third kappa shape index (κ3) is 5.03. The SMILES string of the molecule is O=C(NCC1CCN(Cc2cccnc2)CC1)C(=O)NC1CC1. The van der Waals surface area contributed by atoms with Gasteiger partial charge in [-0.1, -0.05) is 6.07 Å². The molecule has 0 aromatic carbocycles. The Labute approximate surface area is 136 Å². The van der Waals surface area contributed by atoms with Crippen LogP contribution in [0.15, 0.2) is 24.5 Å². The van der Waals surface area contributed by atoms with E-state index >= 15 is 0 Å². The van der Waals surface area contributed by atoms with Crippen LogP contribution in [0.1, 0.15) is 31.2 Å². The number of nitrogens with zero attached hydrogens (tertiary/aromatic N) is 2. The molecule has 0 atom stereocenters. The first kappa shape index (κ1) is 15.9. The van der Waals surface area contributed by atoms with E-state index in [9.17, 15) is 9.59 Å². The van der Waals surface area contributed by atoms with Gasteiger partial charge >= 0.3 is 11.8 Å². The van der Waals surface area contributed by atoms with Crippen molar-refractivity contribution in [1.82, 2.24) is 20.5 Å². The van der Waals surface area contributed by atoms with E-state index in [2.05, 4.69) is 26.6 Å². The van der Waals surface area contributed by atoms with Gasteiger partial charge in [0.1, 0.15) is 0 Å². The maximum Gasteiger partial charge on any atom is 0.309 e. The smallest absolute Gasteiger partial charge is 0.309 e. The maximum atomic E-state index is 11.7. The van der Waals surface area contributed by atoms with Crippen LogP contribution in [0.25, 0.3) is 0 Å². The Bertz CT molecular complexity index is 537. The highest BCUT2D eigenvalue weighted by molar-refractivity contribution is 6.35. The Hall–Kier alpha value is -1.95. The molecule has 0 unspecified atom stereocenters. The number of aromatic nitrogens is 1. The van der Waals surface area contributed by atoms with Crippen LogP contribution < -0.4 is 10.6 Å². The third-order valence-corrected chi connectivity index (χ3v) is 4.51. The van der Waals surface area contributed by atoms with Gasteiger partial charge in [0.05, 0.1) is 0 Å². The topological polar surface area (TPSA) is 74.3 Å². The van der Waals surface area contributed by atoms with Gasteiger partial charge in [-0.2, -0.15) is 0 Å². The number of carbonyl (C=O) groups excluding carboxylic acids is 2. The lowest BCUT2D eigenvalue weighted by Crippen LogP contribution is -2.44. The molecular formula is C17H24N4O2. The standard InChI is InChI=1S/C17H24N4O2/c22-16(17(23)20-15-3-4-15)19-11-13-5-8-21(9-6-13)12-14-2-1-7-18-10-14/h1-2,7,10,13,15H,3-6,8-9,11-12H2,(H,19,22)(H,20,23). The van der Waals surface area contributed by atoms with Crippen LogP contribution in [0.5, 0.6) is 0 Å². The molecule has 1 aromatic rings. The predicted molar refractivity (Wildman–Crippen MR) is 86.4 cm³/mol.